The fourth-order valence-electron chi connectivity index (χ4n) is 2.38. The summed E-state index contributed by atoms with van der Waals surface area (Å²) in [5.74, 6) is -0.00644. The van der Waals surface area contributed by atoms with Gasteiger partial charge in [0.05, 0.1) is 23.8 Å². The Morgan fingerprint density at radius 1 is 1.25 bits per heavy atom. The van der Waals surface area contributed by atoms with Crippen LogP contribution in [0.15, 0.2) is 30.3 Å². The predicted octanol–water partition coefficient (Wildman–Crippen LogP) is 0.569. The van der Waals surface area contributed by atoms with Gasteiger partial charge in [-0.05, 0) is 31.2 Å². The summed E-state index contributed by atoms with van der Waals surface area (Å²) in [5.41, 5.74) is 7.30. The largest absolute Gasteiger partial charge is 0.399 e. The van der Waals surface area contributed by atoms with E-state index in [1.807, 2.05) is 0 Å². The second-order valence-electron chi connectivity index (χ2n) is 6.49. The predicted molar refractivity (Wildman–Crippen MR) is 108 cm³/mol. The number of hydrogen-bond donors (Lipinski definition) is 4. The molecular formula is C18H25N5O4S. The van der Waals surface area contributed by atoms with Gasteiger partial charge >= 0.3 is 0 Å². The number of carbonyl (C=O) groups excluding carboxylic acids is 1. The zero-order valence-corrected chi connectivity index (χ0v) is 16.7. The molecule has 0 saturated carbocycles. The molecule has 152 valence electrons. The van der Waals surface area contributed by atoms with E-state index in [1.54, 1.807) is 37.3 Å². The van der Waals surface area contributed by atoms with E-state index in [4.69, 9.17) is 5.73 Å². The molecule has 1 amide bonds. The summed E-state index contributed by atoms with van der Waals surface area (Å²) >= 11 is 0. The number of aromatic nitrogens is 2. The average Bonchev–Trinajstić information content (AvgIpc) is 2.61. The highest BCUT2D eigenvalue weighted by Crippen LogP contribution is 2.21. The lowest BCUT2D eigenvalue weighted by atomic mass is 10.2. The number of hydrogen-bond acceptors (Lipinski definition) is 8. The summed E-state index contributed by atoms with van der Waals surface area (Å²) < 4.78 is 24.7. The minimum Gasteiger partial charge on any atom is -0.399 e. The van der Waals surface area contributed by atoms with Crippen LogP contribution in [0.4, 0.5) is 11.5 Å². The molecule has 2 rings (SSSR count). The van der Waals surface area contributed by atoms with E-state index in [0.717, 1.165) is 0 Å². The van der Waals surface area contributed by atoms with Crippen LogP contribution in [0, 0.1) is 0 Å². The van der Waals surface area contributed by atoms with Gasteiger partial charge in [0.1, 0.15) is 5.82 Å². The first-order valence-corrected chi connectivity index (χ1v) is 10.6. The molecule has 0 spiro atoms. The summed E-state index contributed by atoms with van der Waals surface area (Å²) in [6.07, 6.45) is 0. The van der Waals surface area contributed by atoms with Crippen LogP contribution in [0.3, 0.4) is 0 Å². The number of aliphatic hydroxyl groups excluding tert-OH is 1. The van der Waals surface area contributed by atoms with Crippen LogP contribution in [0.1, 0.15) is 19.5 Å². The number of anilines is 2. The summed E-state index contributed by atoms with van der Waals surface area (Å²) in [7, 11) is -3.49. The van der Waals surface area contributed by atoms with Crippen LogP contribution < -0.4 is 16.4 Å². The van der Waals surface area contributed by atoms with Gasteiger partial charge < -0.3 is 21.5 Å². The topological polar surface area (TPSA) is 147 Å². The van der Waals surface area contributed by atoms with Crippen molar-refractivity contribution in [3.05, 3.63) is 36.0 Å². The van der Waals surface area contributed by atoms with Crippen LogP contribution in [-0.4, -0.2) is 54.3 Å². The second kappa shape index (κ2) is 9.47. The summed E-state index contributed by atoms with van der Waals surface area (Å²) in [4.78, 5) is 19.7. The van der Waals surface area contributed by atoms with Crippen molar-refractivity contribution >= 4 is 27.2 Å². The maximum atomic E-state index is 12.4. The SMILES string of the molecule is CC(=O)NCCS(=O)(=O)Cc1cc(N[C@@H](C)CO)nc(-c2ccc(N)cc2)n1. The molecule has 5 N–H and O–H groups in total. The molecule has 0 aliphatic carbocycles. The number of benzene rings is 1. The molecular weight excluding hydrogens is 382 g/mol. The van der Waals surface area contributed by atoms with Gasteiger partial charge in [0.2, 0.25) is 5.91 Å². The van der Waals surface area contributed by atoms with Gasteiger partial charge in [0.25, 0.3) is 0 Å². The minimum absolute atomic E-state index is 0.0419. The molecule has 10 heteroatoms. The number of nitrogens with two attached hydrogens (primary N) is 1. The van der Waals surface area contributed by atoms with Crippen molar-refractivity contribution in [3.63, 3.8) is 0 Å². The molecule has 28 heavy (non-hydrogen) atoms. The molecule has 1 aromatic heterocycles. The maximum Gasteiger partial charge on any atom is 0.216 e. The fourth-order valence-corrected chi connectivity index (χ4v) is 3.54. The third-order valence-corrected chi connectivity index (χ3v) is 5.33. The van der Waals surface area contributed by atoms with Crippen molar-refractivity contribution in [1.82, 2.24) is 15.3 Å². The van der Waals surface area contributed by atoms with E-state index in [0.29, 0.717) is 28.6 Å². The van der Waals surface area contributed by atoms with Gasteiger partial charge in [-0.2, -0.15) is 0 Å². The number of sulfone groups is 1. The number of nitrogen functional groups attached to an aromatic ring is 1. The van der Waals surface area contributed by atoms with E-state index < -0.39 is 9.84 Å². The molecule has 0 aliphatic heterocycles. The van der Waals surface area contributed by atoms with Crippen LogP contribution >= 0.6 is 0 Å². The lowest BCUT2D eigenvalue weighted by Gasteiger charge is -2.14. The lowest BCUT2D eigenvalue weighted by Crippen LogP contribution is -2.27. The second-order valence-corrected chi connectivity index (χ2v) is 8.68. The van der Waals surface area contributed by atoms with Crippen molar-refractivity contribution in [1.29, 1.82) is 0 Å². The Bertz CT molecular complexity index is 916. The van der Waals surface area contributed by atoms with Crippen LogP contribution in [-0.2, 0) is 20.4 Å². The van der Waals surface area contributed by atoms with Gasteiger partial charge in [0, 0.05) is 36.8 Å². The highest BCUT2D eigenvalue weighted by molar-refractivity contribution is 7.90. The van der Waals surface area contributed by atoms with Crippen molar-refractivity contribution in [2.45, 2.75) is 25.6 Å². The average molecular weight is 407 g/mol. The van der Waals surface area contributed by atoms with E-state index in [9.17, 15) is 18.3 Å². The molecule has 0 fully saturated rings. The Kier molecular flexibility index (Phi) is 7.30. The van der Waals surface area contributed by atoms with E-state index >= 15 is 0 Å². The number of nitrogens with one attached hydrogen (secondary N) is 2. The molecule has 0 saturated heterocycles. The number of amides is 1. The van der Waals surface area contributed by atoms with Gasteiger partial charge in [-0.3, -0.25) is 4.79 Å². The van der Waals surface area contributed by atoms with Crippen LogP contribution in [0.25, 0.3) is 11.4 Å². The normalized spacial score (nSPS) is 12.4. The Morgan fingerprint density at radius 3 is 2.54 bits per heavy atom. The smallest absolute Gasteiger partial charge is 0.216 e. The van der Waals surface area contributed by atoms with E-state index in [1.165, 1.54) is 6.92 Å². The highest BCUT2D eigenvalue weighted by Gasteiger charge is 2.16. The van der Waals surface area contributed by atoms with Gasteiger partial charge in [-0.15, -0.1) is 0 Å². The van der Waals surface area contributed by atoms with E-state index in [-0.39, 0.29) is 36.6 Å². The molecule has 0 bridgehead atoms. The van der Waals surface area contributed by atoms with Gasteiger partial charge in [0.15, 0.2) is 15.7 Å². The Hall–Kier alpha value is -2.72. The zero-order chi connectivity index (χ0) is 20.7. The molecule has 1 heterocycles. The Morgan fingerprint density at radius 2 is 1.93 bits per heavy atom. The summed E-state index contributed by atoms with van der Waals surface area (Å²) in [6.45, 7) is 3.04. The Balaban J connectivity index is 2.31. The van der Waals surface area contributed by atoms with Crippen molar-refractivity contribution in [2.24, 2.45) is 0 Å². The third kappa shape index (κ3) is 6.78. The van der Waals surface area contributed by atoms with Crippen LogP contribution in [0.5, 0.6) is 0 Å². The van der Waals surface area contributed by atoms with Crippen molar-refractivity contribution in [2.75, 3.05) is 30.0 Å². The quantitative estimate of drug-likeness (QED) is 0.441. The molecule has 9 nitrogen and oxygen atoms in total. The van der Waals surface area contributed by atoms with Crippen molar-refractivity contribution in [3.8, 4) is 11.4 Å². The van der Waals surface area contributed by atoms with Crippen molar-refractivity contribution < 1.29 is 18.3 Å². The lowest BCUT2D eigenvalue weighted by molar-refractivity contribution is -0.118. The van der Waals surface area contributed by atoms with E-state index in [2.05, 4.69) is 20.6 Å². The van der Waals surface area contributed by atoms with Crippen LogP contribution in [0.2, 0.25) is 0 Å². The fraction of sp³-hybridized carbons (Fsp3) is 0.389. The maximum absolute atomic E-state index is 12.4. The minimum atomic E-state index is -3.49. The molecule has 1 aromatic carbocycles. The highest BCUT2D eigenvalue weighted by atomic mass is 32.2. The van der Waals surface area contributed by atoms with Gasteiger partial charge in [-0.25, -0.2) is 18.4 Å². The number of aliphatic hydroxyl groups is 1. The summed E-state index contributed by atoms with van der Waals surface area (Å²) in [5, 5.41) is 14.8. The zero-order valence-electron chi connectivity index (χ0n) is 15.8. The molecule has 2 aromatic rings. The standard InChI is InChI=1S/C18H25N5O4S/c1-12(10-24)21-17-9-16(11-28(26,27)8-7-20-13(2)25)22-18(23-17)14-3-5-15(19)6-4-14/h3-6,9,12,24H,7-8,10-11,19H2,1-2H3,(H,20,25)(H,21,22,23)/t12-/m0/s1. The monoisotopic (exact) mass is 407 g/mol. The number of nitrogens with zero attached hydrogens (tertiary/aromatic N) is 2. The third-order valence-electron chi connectivity index (χ3n) is 3.77. The molecule has 0 unspecified atom stereocenters. The van der Waals surface area contributed by atoms with Gasteiger partial charge in [-0.1, -0.05) is 0 Å². The first-order valence-electron chi connectivity index (χ1n) is 8.74. The first-order chi connectivity index (χ1) is 13.2. The molecule has 0 aliphatic rings. The Labute approximate surface area is 164 Å². The molecule has 0 radical (unpaired) electrons. The number of rotatable bonds is 9. The molecule has 1 atom stereocenters. The first kappa shape index (κ1) is 21.6. The summed E-state index contributed by atoms with van der Waals surface area (Å²) in [6, 6.07) is 8.19. The number of carbonyl (C=O) groups is 1.